The molecule has 1 aromatic rings. The predicted octanol–water partition coefficient (Wildman–Crippen LogP) is 5.86. The van der Waals surface area contributed by atoms with E-state index < -0.39 is 11.0 Å². The highest BCUT2D eigenvalue weighted by molar-refractivity contribution is 6.32. The van der Waals surface area contributed by atoms with Crippen molar-refractivity contribution in [1.82, 2.24) is 0 Å². The molecule has 0 bridgehead atoms. The molecule has 1 N–H and O–H groups in total. The maximum Gasteiger partial charge on any atom is 0.202 e. The van der Waals surface area contributed by atoms with E-state index >= 15 is 0 Å². The number of allylic oxidation sites excluding steroid dienone is 1. The third-order valence-electron chi connectivity index (χ3n) is 10.0. The van der Waals surface area contributed by atoms with Gasteiger partial charge in [-0.1, -0.05) is 37.1 Å². The largest absolute Gasteiger partial charge is 0.484 e. The average Bonchev–Trinajstić information content (AvgIpc) is 3.05. The van der Waals surface area contributed by atoms with Gasteiger partial charge in [0.2, 0.25) is 5.78 Å². The van der Waals surface area contributed by atoms with Crippen LogP contribution in [0.2, 0.25) is 5.02 Å². The number of hydrogen-bond acceptors (Lipinski definition) is 4. The van der Waals surface area contributed by atoms with E-state index in [1.807, 2.05) is 25.1 Å². The number of carbonyl (C=O) groups is 2. The third-order valence-corrected chi connectivity index (χ3v) is 10.3. The molecule has 0 heterocycles. The lowest BCUT2D eigenvalue weighted by Gasteiger charge is -2.58. The van der Waals surface area contributed by atoms with Gasteiger partial charge in [-0.25, -0.2) is 0 Å². The van der Waals surface area contributed by atoms with Gasteiger partial charge < -0.3 is 9.84 Å². The predicted molar refractivity (Wildman–Crippen MR) is 128 cm³/mol. The Kier molecular flexibility index (Phi) is 5.57. The third kappa shape index (κ3) is 3.43. The summed E-state index contributed by atoms with van der Waals surface area (Å²) < 4.78 is 5.78. The number of fused-ring (bicyclic) bond motifs is 5. The van der Waals surface area contributed by atoms with Crippen LogP contribution >= 0.6 is 11.6 Å². The molecule has 178 valence electrons. The van der Waals surface area contributed by atoms with E-state index in [0.717, 1.165) is 44.1 Å². The molecule has 33 heavy (non-hydrogen) atoms. The van der Waals surface area contributed by atoms with E-state index in [0.29, 0.717) is 41.4 Å². The molecule has 0 spiro atoms. The van der Waals surface area contributed by atoms with Gasteiger partial charge in [0.1, 0.15) is 18.0 Å². The zero-order chi connectivity index (χ0) is 23.6. The number of rotatable bonds is 4. The van der Waals surface area contributed by atoms with Crippen molar-refractivity contribution in [2.75, 3.05) is 6.61 Å². The Morgan fingerprint density at radius 2 is 1.88 bits per heavy atom. The molecule has 5 heteroatoms. The van der Waals surface area contributed by atoms with E-state index in [-0.39, 0.29) is 23.6 Å². The standard InChI is InChI=1S/C28H35ClO4/c1-17-4-7-24(23(29)14-17)33-16-25(31)28(32)13-10-22-20-6-5-18-15-19(30)8-11-26(18,2)21(20)9-12-27(22,28)3/h4,7,14-15,20-22,32H,5-6,8-13,16H2,1-3H3/t20?,21?,22?,26?,27?,28-/m0/s1. The van der Waals surface area contributed by atoms with Crippen LogP contribution in [0.5, 0.6) is 5.75 Å². The van der Waals surface area contributed by atoms with E-state index in [9.17, 15) is 14.7 Å². The van der Waals surface area contributed by atoms with Crippen LogP contribution in [0.15, 0.2) is 29.8 Å². The van der Waals surface area contributed by atoms with Crippen LogP contribution in [0.3, 0.4) is 0 Å². The first-order chi connectivity index (χ1) is 15.6. The Labute approximate surface area is 201 Å². The van der Waals surface area contributed by atoms with Crippen LogP contribution in [0.25, 0.3) is 0 Å². The Morgan fingerprint density at radius 1 is 1.12 bits per heavy atom. The number of carbonyl (C=O) groups excluding carboxylic acids is 2. The Morgan fingerprint density at radius 3 is 2.64 bits per heavy atom. The molecule has 3 saturated carbocycles. The maximum atomic E-state index is 13.4. The van der Waals surface area contributed by atoms with E-state index in [1.165, 1.54) is 5.57 Å². The highest BCUT2D eigenvalue weighted by Crippen LogP contribution is 2.67. The highest BCUT2D eigenvalue weighted by Gasteiger charge is 2.66. The van der Waals surface area contributed by atoms with Crippen LogP contribution in [-0.2, 0) is 9.59 Å². The molecule has 6 atom stereocenters. The SMILES string of the molecule is Cc1ccc(OCC(=O)[C@@]2(O)CCC3C4CCC5=CC(=O)CCC5(C)C4CCC32C)c(Cl)c1. The first kappa shape index (κ1) is 23.1. The van der Waals surface area contributed by atoms with Crippen molar-refractivity contribution in [2.45, 2.75) is 77.7 Å². The maximum absolute atomic E-state index is 13.4. The van der Waals surface area contributed by atoms with Crippen molar-refractivity contribution in [1.29, 1.82) is 0 Å². The number of hydrogen-bond donors (Lipinski definition) is 1. The second-order valence-corrected chi connectivity index (χ2v) is 11.9. The quantitative estimate of drug-likeness (QED) is 0.598. The zero-order valence-corrected chi connectivity index (χ0v) is 20.7. The molecule has 5 rings (SSSR count). The Hall–Kier alpha value is -1.65. The Balaban J connectivity index is 1.35. The Bertz CT molecular complexity index is 1030. The second-order valence-electron chi connectivity index (χ2n) is 11.5. The molecule has 0 aliphatic heterocycles. The summed E-state index contributed by atoms with van der Waals surface area (Å²) in [7, 11) is 0. The van der Waals surface area contributed by atoms with Crippen LogP contribution in [0, 0.1) is 35.5 Å². The van der Waals surface area contributed by atoms with Gasteiger partial charge in [0.05, 0.1) is 5.02 Å². The summed E-state index contributed by atoms with van der Waals surface area (Å²) in [6.07, 6.45) is 8.75. The fourth-order valence-corrected chi connectivity index (χ4v) is 8.31. The lowest BCUT2D eigenvalue weighted by molar-refractivity contribution is -0.164. The summed E-state index contributed by atoms with van der Waals surface area (Å²) >= 11 is 6.28. The second kappa shape index (κ2) is 7.95. The van der Waals surface area contributed by atoms with Gasteiger partial charge >= 0.3 is 0 Å². The minimum absolute atomic E-state index is 0.0914. The number of aliphatic hydroxyl groups is 1. The molecular weight excluding hydrogens is 436 g/mol. The molecule has 0 saturated heterocycles. The average molecular weight is 471 g/mol. The summed E-state index contributed by atoms with van der Waals surface area (Å²) in [5.41, 5.74) is 0.666. The van der Waals surface area contributed by atoms with Gasteiger partial charge in [0.15, 0.2) is 5.78 Å². The van der Waals surface area contributed by atoms with Gasteiger partial charge in [-0.2, -0.15) is 0 Å². The van der Waals surface area contributed by atoms with Crippen molar-refractivity contribution < 1.29 is 19.4 Å². The number of ether oxygens (including phenoxy) is 1. The molecule has 5 unspecified atom stereocenters. The number of halogens is 1. The molecule has 4 aliphatic carbocycles. The van der Waals surface area contributed by atoms with Crippen LogP contribution in [-0.4, -0.2) is 28.9 Å². The van der Waals surface area contributed by atoms with Crippen molar-refractivity contribution >= 4 is 23.2 Å². The van der Waals surface area contributed by atoms with E-state index in [4.69, 9.17) is 16.3 Å². The monoisotopic (exact) mass is 470 g/mol. The zero-order valence-electron chi connectivity index (χ0n) is 20.0. The first-order valence-corrected chi connectivity index (χ1v) is 12.8. The van der Waals surface area contributed by atoms with Gasteiger partial charge in [-0.3, -0.25) is 9.59 Å². The molecule has 0 radical (unpaired) electrons. The molecule has 4 aliphatic rings. The first-order valence-electron chi connectivity index (χ1n) is 12.5. The number of Topliss-reactive ketones (excluding diaryl/α,β-unsaturated/α-hetero) is 1. The van der Waals surface area contributed by atoms with Crippen molar-refractivity contribution in [3.8, 4) is 5.75 Å². The molecule has 4 nitrogen and oxygen atoms in total. The van der Waals surface area contributed by atoms with E-state index in [1.54, 1.807) is 6.07 Å². The van der Waals surface area contributed by atoms with Gasteiger partial charge in [-0.05, 0) is 98.8 Å². The van der Waals surface area contributed by atoms with Crippen molar-refractivity contribution in [2.24, 2.45) is 28.6 Å². The summed E-state index contributed by atoms with van der Waals surface area (Å²) in [6.45, 7) is 6.28. The molecule has 0 amide bonds. The highest BCUT2D eigenvalue weighted by atomic mass is 35.5. The fourth-order valence-electron chi connectivity index (χ4n) is 8.02. The van der Waals surface area contributed by atoms with Crippen LogP contribution in [0.1, 0.15) is 70.8 Å². The minimum Gasteiger partial charge on any atom is -0.484 e. The summed E-state index contributed by atoms with van der Waals surface area (Å²) in [6, 6.07) is 5.50. The molecular formula is C28H35ClO4. The van der Waals surface area contributed by atoms with Crippen LogP contribution < -0.4 is 4.74 Å². The number of ketones is 2. The summed E-state index contributed by atoms with van der Waals surface area (Å²) in [5, 5.41) is 12.3. The minimum atomic E-state index is -1.36. The van der Waals surface area contributed by atoms with E-state index in [2.05, 4.69) is 13.8 Å². The smallest absolute Gasteiger partial charge is 0.202 e. The molecule has 0 aromatic heterocycles. The molecule has 3 fully saturated rings. The number of benzene rings is 1. The van der Waals surface area contributed by atoms with Crippen molar-refractivity contribution in [3.63, 3.8) is 0 Å². The van der Waals surface area contributed by atoms with Gasteiger partial charge in [-0.15, -0.1) is 0 Å². The van der Waals surface area contributed by atoms with Gasteiger partial charge in [0.25, 0.3) is 0 Å². The van der Waals surface area contributed by atoms with Crippen LogP contribution in [0.4, 0.5) is 0 Å². The fraction of sp³-hybridized carbons (Fsp3) is 0.643. The molecule has 1 aromatic carbocycles. The number of aryl methyl sites for hydroxylation is 1. The lowest BCUT2D eigenvalue weighted by atomic mass is 9.46. The summed E-state index contributed by atoms with van der Waals surface area (Å²) in [4.78, 5) is 25.4. The van der Waals surface area contributed by atoms with Crippen molar-refractivity contribution in [3.05, 3.63) is 40.4 Å². The topological polar surface area (TPSA) is 63.6 Å². The summed E-state index contributed by atoms with van der Waals surface area (Å²) in [5.74, 6) is 1.87. The lowest BCUT2D eigenvalue weighted by Crippen LogP contribution is -2.58. The van der Waals surface area contributed by atoms with Gasteiger partial charge in [0, 0.05) is 11.8 Å². The normalized spacial score (nSPS) is 39.8.